The lowest BCUT2D eigenvalue weighted by molar-refractivity contribution is 0.187. The molecule has 0 aromatic carbocycles. The number of urea groups is 1. The van der Waals surface area contributed by atoms with Crippen LogP contribution in [0.4, 0.5) is 10.6 Å². The van der Waals surface area contributed by atoms with E-state index in [0.29, 0.717) is 11.9 Å². The van der Waals surface area contributed by atoms with Crippen molar-refractivity contribution < 1.29 is 4.79 Å². The molecule has 1 aromatic rings. The zero-order valence-electron chi connectivity index (χ0n) is 13.6. The molecule has 1 spiro atoms. The summed E-state index contributed by atoms with van der Waals surface area (Å²) in [5.41, 5.74) is 0.323. The van der Waals surface area contributed by atoms with Crippen molar-refractivity contribution in [3.05, 3.63) is 17.0 Å². The maximum absolute atomic E-state index is 12.2. The third-order valence-corrected chi connectivity index (χ3v) is 5.79. The van der Waals surface area contributed by atoms with Crippen LogP contribution in [0.5, 0.6) is 0 Å². The van der Waals surface area contributed by atoms with Crippen LogP contribution in [0.1, 0.15) is 25.0 Å². The van der Waals surface area contributed by atoms with E-state index in [0.717, 1.165) is 45.4 Å². The molecule has 3 fully saturated rings. The van der Waals surface area contributed by atoms with Crippen LogP contribution in [-0.4, -0.2) is 65.1 Å². The van der Waals surface area contributed by atoms with Crippen molar-refractivity contribution in [2.45, 2.75) is 25.3 Å². The van der Waals surface area contributed by atoms with E-state index in [2.05, 4.69) is 14.9 Å². The van der Waals surface area contributed by atoms with Crippen molar-refractivity contribution in [1.82, 2.24) is 19.8 Å². The summed E-state index contributed by atoms with van der Waals surface area (Å²) in [4.78, 5) is 26.7. The normalized spacial score (nSPS) is 29.3. The van der Waals surface area contributed by atoms with Crippen molar-refractivity contribution >= 4 is 23.4 Å². The highest BCUT2D eigenvalue weighted by molar-refractivity contribution is 6.30. The van der Waals surface area contributed by atoms with E-state index in [1.165, 1.54) is 0 Å². The molecule has 2 unspecified atom stereocenters. The number of halogens is 1. The highest BCUT2D eigenvalue weighted by Gasteiger charge is 2.60. The van der Waals surface area contributed by atoms with E-state index in [1.54, 1.807) is 11.1 Å². The van der Waals surface area contributed by atoms with Gasteiger partial charge in [0.15, 0.2) is 10.8 Å². The van der Waals surface area contributed by atoms with Crippen LogP contribution >= 0.6 is 11.6 Å². The van der Waals surface area contributed by atoms with Crippen LogP contribution in [0.2, 0.25) is 5.15 Å². The smallest absolute Gasteiger partial charge is 0.320 e. The Morgan fingerprint density at radius 3 is 2.92 bits per heavy atom. The molecule has 126 valence electrons. The average Bonchev–Trinajstić information content (AvgIpc) is 3.15. The van der Waals surface area contributed by atoms with Gasteiger partial charge in [0.2, 0.25) is 0 Å². The first-order valence-electron chi connectivity index (χ1n) is 8.23. The Labute approximate surface area is 145 Å². The number of likely N-dealkylation sites (N-methyl/N-ethyl adjacent to an activating group) is 1. The van der Waals surface area contributed by atoms with Crippen molar-refractivity contribution in [3.8, 4) is 6.07 Å². The second kappa shape index (κ2) is 5.49. The molecular weight excluding hydrogens is 328 g/mol. The number of carbonyl (C=O) groups is 1. The lowest BCUT2D eigenvalue weighted by Gasteiger charge is -2.35. The van der Waals surface area contributed by atoms with Gasteiger partial charge in [-0.1, -0.05) is 11.6 Å². The second-order valence-corrected chi connectivity index (χ2v) is 7.34. The predicted octanol–water partition coefficient (Wildman–Crippen LogP) is 1.73. The van der Waals surface area contributed by atoms with Crippen LogP contribution in [0.15, 0.2) is 6.20 Å². The third kappa shape index (κ3) is 2.37. The fraction of sp³-hybridized carbons (Fsp3) is 0.625. The fourth-order valence-corrected chi connectivity index (χ4v) is 4.28. The Bertz CT molecular complexity index is 734. The maximum atomic E-state index is 12.2. The summed E-state index contributed by atoms with van der Waals surface area (Å²) < 4.78 is 0. The Balaban J connectivity index is 1.50. The molecule has 7 nitrogen and oxygen atoms in total. The van der Waals surface area contributed by atoms with Crippen LogP contribution < -0.4 is 4.90 Å². The number of rotatable bonds is 2. The largest absolute Gasteiger partial charge is 0.355 e. The third-order valence-electron chi connectivity index (χ3n) is 5.53. The Hall–Kier alpha value is -2.07. The predicted molar refractivity (Wildman–Crippen MR) is 88.8 cm³/mol. The molecule has 2 saturated heterocycles. The van der Waals surface area contributed by atoms with Crippen LogP contribution in [0, 0.1) is 16.7 Å². The molecule has 8 heteroatoms. The number of nitrogens with zero attached hydrogens (tertiary/aromatic N) is 6. The standard InChI is InChI=1S/C16H19ClN6O/c1-21-5-6-23(15(21)24)12-7-16(12)3-2-4-22(10-16)13-9-19-11(8-18)14(17)20-13/h9,12H,2-7,10H2,1H3. The molecule has 4 rings (SSSR count). The molecule has 0 N–H and O–H groups in total. The van der Waals surface area contributed by atoms with Crippen LogP contribution in [0.25, 0.3) is 0 Å². The molecule has 2 amide bonds. The van der Waals surface area contributed by atoms with Crippen molar-refractivity contribution in [2.24, 2.45) is 5.41 Å². The fourth-order valence-electron chi connectivity index (χ4n) is 4.10. The number of nitriles is 1. The van der Waals surface area contributed by atoms with Gasteiger partial charge in [0.05, 0.1) is 6.20 Å². The summed E-state index contributed by atoms with van der Waals surface area (Å²) in [7, 11) is 1.86. The second-order valence-electron chi connectivity index (χ2n) is 6.98. The summed E-state index contributed by atoms with van der Waals surface area (Å²) in [5.74, 6) is 0.716. The minimum Gasteiger partial charge on any atom is -0.355 e. The lowest BCUT2D eigenvalue weighted by atomic mass is 9.93. The number of piperidine rings is 1. The Morgan fingerprint density at radius 2 is 2.25 bits per heavy atom. The Kier molecular flexibility index (Phi) is 3.53. The number of carbonyl (C=O) groups excluding carboxylic acids is 1. The van der Waals surface area contributed by atoms with Gasteiger partial charge < -0.3 is 14.7 Å². The first kappa shape index (κ1) is 15.5. The van der Waals surface area contributed by atoms with Gasteiger partial charge in [-0.25, -0.2) is 14.8 Å². The van der Waals surface area contributed by atoms with Gasteiger partial charge in [-0.15, -0.1) is 0 Å². The van der Waals surface area contributed by atoms with E-state index in [1.807, 2.05) is 18.0 Å². The minimum absolute atomic E-state index is 0.148. The molecule has 0 radical (unpaired) electrons. The molecule has 3 heterocycles. The molecule has 1 saturated carbocycles. The first-order valence-corrected chi connectivity index (χ1v) is 8.61. The summed E-state index contributed by atoms with van der Waals surface area (Å²) in [6.07, 6.45) is 4.88. The van der Waals surface area contributed by atoms with Crippen molar-refractivity contribution in [2.75, 3.05) is 38.1 Å². The van der Waals surface area contributed by atoms with Gasteiger partial charge in [0.1, 0.15) is 11.9 Å². The Morgan fingerprint density at radius 1 is 1.42 bits per heavy atom. The zero-order chi connectivity index (χ0) is 16.9. The summed E-state index contributed by atoms with van der Waals surface area (Å²) in [6.45, 7) is 3.40. The van der Waals surface area contributed by atoms with Gasteiger partial charge in [-0.3, -0.25) is 0 Å². The topological polar surface area (TPSA) is 76.4 Å². The SMILES string of the molecule is CN1CCN(C2CC23CCCN(c2cnc(C#N)c(Cl)n2)C3)C1=O. The zero-order valence-corrected chi connectivity index (χ0v) is 14.3. The van der Waals surface area contributed by atoms with E-state index in [4.69, 9.17) is 16.9 Å². The van der Waals surface area contributed by atoms with Gasteiger partial charge in [0, 0.05) is 44.7 Å². The maximum Gasteiger partial charge on any atom is 0.320 e. The van der Waals surface area contributed by atoms with Gasteiger partial charge in [-0.05, 0) is 19.3 Å². The van der Waals surface area contributed by atoms with Crippen LogP contribution in [0.3, 0.4) is 0 Å². The lowest BCUT2D eigenvalue weighted by Crippen LogP contribution is -2.42. The molecule has 2 aliphatic heterocycles. The molecule has 2 atom stereocenters. The van der Waals surface area contributed by atoms with Crippen LogP contribution in [-0.2, 0) is 0 Å². The molecule has 1 aliphatic carbocycles. The van der Waals surface area contributed by atoms with E-state index >= 15 is 0 Å². The van der Waals surface area contributed by atoms with Gasteiger partial charge >= 0.3 is 6.03 Å². The van der Waals surface area contributed by atoms with Gasteiger partial charge in [0.25, 0.3) is 0 Å². The number of aromatic nitrogens is 2. The monoisotopic (exact) mass is 346 g/mol. The number of hydrogen-bond acceptors (Lipinski definition) is 5. The minimum atomic E-state index is 0.148. The highest BCUT2D eigenvalue weighted by atomic mass is 35.5. The summed E-state index contributed by atoms with van der Waals surface area (Å²) in [6, 6.07) is 2.42. The van der Waals surface area contributed by atoms with E-state index in [9.17, 15) is 4.79 Å². The van der Waals surface area contributed by atoms with E-state index in [-0.39, 0.29) is 22.3 Å². The first-order chi connectivity index (χ1) is 11.5. The number of hydrogen-bond donors (Lipinski definition) is 0. The number of anilines is 1. The number of amides is 2. The van der Waals surface area contributed by atoms with Crippen molar-refractivity contribution in [3.63, 3.8) is 0 Å². The highest BCUT2D eigenvalue weighted by Crippen LogP contribution is 2.56. The molecule has 24 heavy (non-hydrogen) atoms. The average molecular weight is 347 g/mol. The van der Waals surface area contributed by atoms with E-state index < -0.39 is 0 Å². The quantitative estimate of drug-likeness (QED) is 0.815. The summed E-state index contributed by atoms with van der Waals surface area (Å²) >= 11 is 6.02. The molecule has 3 aliphatic rings. The molecule has 1 aromatic heterocycles. The van der Waals surface area contributed by atoms with Gasteiger partial charge in [-0.2, -0.15) is 5.26 Å². The van der Waals surface area contributed by atoms with Crippen molar-refractivity contribution in [1.29, 1.82) is 5.26 Å². The molecular formula is C16H19ClN6O. The summed E-state index contributed by atoms with van der Waals surface area (Å²) in [5, 5.41) is 9.07. The molecule has 0 bridgehead atoms.